The Morgan fingerprint density at radius 3 is 2.50 bits per heavy atom. The second-order valence-corrected chi connectivity index (χ2v) is 4.82. The fourth-order valence-electron chi connectivity index (χ4n) is 0.808. The first-order valence-corrected chi connectivity index (χ1v) is 5.55. The predicted molar refractivity (Wildman–Crippen MR) is 43.9 cm³/mol. The molecule has 0 fully saturated rings. The Labute approximate surface area is 82.6 Å². The quantitative estimate of drug-likeness (QED) is 0.802. The zero-order valence-electron chi connectivity index (χ0n) is 6.49. The average molecular weight is 244 g/mol. The van der Waals surface area contributed by atoms with Gasteiger partial charge in [-0.2, -0.15) is 0 Å². The molecule has 1 aromatic heterocycles. The minimum absolute atomic E-state index is 0.774. The molecule has 4 nitrogen and oxygen atoms in total. The van der Waals surface area contributed by atoms with Gasteiger partial charge in [0.05, 0.1) is 0 Å². The van der Waals surface area contributed by atoms with Gasteiger partial charge in [-0.3, -0.25) is 4.98 Å². The van der Waals surface area contributed by atoms with E-state index in [1.165, 1.54) is 0 Å². The zero-order chi connectivity index (χ0) is 10.9. The van der Waals surface area contributed by atoms with E-state index in [9.17, 15) is 17.2 Å². The Balaban J connectivity index is 3.43. The molecule has 0 saturated heterocycles. The molecular weight excluding hydrogens is 240 g/mol. The van der Waals surface area contributed by atoms with Crippen molar-refractivity contribution in [1.82, 2.24) is 4.98 Å². The van der Waals surface area contributed by atoms with Crippen LogP contribution in [0.3, 0.4) is 0 Å². The highest BCUT2D eigenvalue weighted by Crippen LogP contribution is 2.32. The molecule has 0 amide bonds. The Bertz CT molecular complexity index is 448. The largest absolute Gasteiger partial charge is 0.505 e. The smallest absolute Gasteiger partial charge is 0.284 e. The summed E-state index contributed by atoms with van der Waals surface area (Å²) < 4.78 is 45.8. The molecule has 0 unspecified atom stereocenters. The number of aromatic nitrogens is 1. The van der Waals surface area contributed by atoms with Crippen LogP contribution >= 0.6 is 10.7 Å². The van der Waals surface area contributed by atoms with Gasteiger partial charge in [0.2, 0.25) is 0 Å². The van der Waals surface area contributed by atoms with E-state index < -0.39 is 31.8 Å². The molecule has 8 heteroatoms. The van der Waals surface area contributed by atoms with Gasteiger partial charge in [0.25, 0.3) is 15.5 Å². The molecule has 0 aliphatic carbocycles. The van der Waals surface area contributed by atoms with Gasteiger partial charge >= 0.3 is 0 Å². The molecule has 0 radical (unpaired) electrons. The lowest BCUT2D eigenvalue weighted by atomic mass is 10.3. The lowest BCUT2D eigenvalue weighted by Gasteiger charge is -2.04. The fourth-order valence-corrected chi connectivity index (χ4v) is 1.74. The minimum atomic E-state index is -4.24. The van der Waals surface area contributed by atoms with Gasteiger partial charge < -0.3 is 5.11 Å². The number of hydrogen-bond donors (Lipinski definition) is 1. The molecule has 0 aliphatic rings. The van der Waals surface area contributed by atoms with Crippen molar-refractivity contribution >= 4 is 19.7 Å². The summed E-state index contributed by atoms with van der Waals surface area (Å²) in [7, 11) is 0.639. The van der Waals surface area contributed by atoms with Gasteiger partial charge in [-0.15, -0.1) is 0 Å². The Morgan fingerprint density at radius 2 is 2.07 bits per heavy atom. The van der Waals surface area contributed by atoms with E-state index in [1.54, 1.807) is 0 Å². The predicted octanol–water partition coefficient (Wildman–Crippen LogP) is 1.65. The standard InChI is InChI=1S/C6H4ClF2NO3S/c7-14(12,13)3-1-2-10-4(5(3)11)6(8)9/h1-2,6,11H. The summed E-state index contributed by atoms with van der Waals surface area (Å²) in [4.78, 5) is 2.36. The fraction of sp³-hybridized carbons (Fsp3) is 0.167. The monoisotopic (exact) mass is 243 g/mol. The van der Waals surface area contributed by atoms with E-state index in [4.69, 9.17) is 15.8 Å². The molecule has 1 rings (SSSR count). The molecule has 1 N–H and O–H groups in total. The summed E-state index contributed by atoms with van der Waals surface area (Å²) in [6.07, 6.45) is -2.23. The van der Waals surface area contributed by atoms with Crippen LogP contribution in [0, 0.1) is 0 Å². The Hall–Kier alpha value is -0.950. The molecule has 0 aromatic carbocycles. The summed E-state index contributed by atoms with van der Waals surface area (Å²) in [5.74, 6) is -1.11. The van der Waals surface area contributed by atoms with Gasteiger partial charge in [0.1, 0.15) is 10.6 Å². The molecule has 0 spiro atoms. The average Bonchev–Trinajstić information content (AvgIpc) is 2.01. The highest BCUT2D eigenvalue weighted by atomic mass is 35.7. The van der Waals surface area contributed by atoms with Crippen LogP contribution in [-0.2, 0) is 9.05 Å². The lowest BCUT2D eigenvalue weighted by molar-refractivity contribution is 0.141. The number of aromatic hydroxyl groups is 1. The molecule has 1 heterocycles. The second-order valence-electron chi connectivity index (χ2n) is 2.28. The third-order valence-corrected chi connectivity index (χ3v) is 2.74. The first kappa shape index (κ1) is 11.1. The van der Waals surface area contributed by atoms with Crippen LogP contribution in [0.1, 0.15) is 12.1 Å². The normalized spacial score (nSPS) is 12.0. The van der Waals surface area contributed by atoms with Crippen LogP contribution < -0.4 is 0 Å². The van der Waals surface area contributed by atoms with Crippen LogP contribution in [0.2, 0.25) is 0 Å². The molecule has 0 aliphatic heterocycles. The van der Waals surface area contributed by atoms with E-state index >= 15 is 0 Å². The van der Waals surface area contributed by atoms with Gasteiger partial charge in [0, 0.05) is 16.9 Å². The molecular formula is C6H4ClF2NO3S. The molecule has 1 aromatic rings. The van der Waals surface area contributed by atoms with Crippen molar-refractivity contribution in [3.8, 4) is 5.75 Å². The summed E-state index contributed by atoms with van der Waals surface area (Å²) in [5, 5.41) is 9.09. The summed E-state index contributed by atoms with van der Waals surface area (Å²) >= 11 is 0. The highest BCUT2D eigenvalue weighted by Gasteiger charge is 2.23. The SMILES string of the molecule is O=S(=O)(Cl)c1ccnc(C(F)F)c1O. The second kappa shape index (κ2) is 3.66. The molecule has 0 atom stereocenters. The number of nitrogens with zero attached hydrogens (tertiary/aromatic N) is 1. The maximum atomic E-state index is 12.1. The number of halogens is 3. The van der Waals surface area contributed by atoms with Gasteiger partial charge in [-0.05, 0) is 6.07 Å². The maximum absolute atomic E-state index is 12.1. The summed E-state index contributed by atoms with van der Waals surface area (Å²) in [5.41, 5.74) is -1.01. The van der Waals surface area contributed by atoms with Crippen LogP contribution in [0.15, 0.2) is 17.2 Å². The van der Waals surface area contributed by atoms with Crippen molar-refractivity contribution in [2.75, 3.05) is 0 Å². The number of rotatable bonds is 2. The number of alkyl halides is 2. The first-order chi connectivity index (χ1) is 6.34. The Morgan fingerprint density at radius 1 is 1.50 bits per heavy atom. The van der Waals surface area contributed by atoms with E-state index in [-0.39, 0.29) is 0 Å². The van der Waals surface area contributed by atoms with Gasteiger partial charge in [0.15, 0.2) is 5.75 Å². The van der Waals surface area contributed by atoms with E-state index in [0.717, 1.165) is 12.3 Å². The lowest BCUT2D eigenvalue weighted by Crippen LogP contribution is -1.97. The van der Waals surface area contributed by atoms with Crippen LogP contribution in [0.25, 0.3) is 0 Å². The molecule has 78 valence electrons. The van der Waals surface area contributed by atoms with E-state index in [1.807, 2.05) is 0 Å². The maximum Gasteiger partial charge on any atom is 0.284 e. The summed E-state index contributed by atoms with van der Waals surface area (Å²) in [6.45, 7) is 0. The molecule has 0 bridgehead atoms. The summed E-state index contributed by atoms with van der Waals surface area (Å²) in [6, 6.07) is 0.837. The zero-order valence-corrected chi connectivity index (χ0v) is 8.06. The van der Waals surface area contributed by atoms with Crippen LogP contribution in [0.4, 0.5) is 8.78 Å². The highest BCUT2D eigenvalue weighted by molar-refractivity contribution is 8.13. The van der Waals surface area contributed by atoms with Crippen molar-refractivity contribution in [2.45, 2.75) is 11.3 Å². The topological polar surface area (TPSA) is 67.3 Å². The van der Waals surface area contributed by atoms with Crippen molar-refractivity contribution in [2.24, 2.45) is 0 Å². The number of hydrogen-bond acceptors (Lipinski definition) is 4. The third-order valence-electron chi connectivity index (χ3n) is 1.38. The first-order valence-electron chi connectivity index (χ1n) is 3.24. The van der Waals surface area contributed by atoms with Crippen molar-refractivity contribution in [1.29, 1.82) is 0 Å². The minimum Gasteiger partial charge on any atom is -0.505 e. The van der Waals surface area contributed by atoms with Crippen LogP contribution in [0.5, 0.6) is 5.75 Å². The van der Waals surface area contributed by atoms with E-state index in [2.05, 4.69) is 4.98 Å². The van der Waals surface area contributed by atoms with Crippen molar-refractivity contribution in [3.05, 3.63) is 18.0 Å². The van der Waals surface area contributed by atoms with Crippen molar-refractivity contribution < 1.29 is 22.3 Å². The molecule has 14 heavy (non-hydrogen) atoms. The van der Waals surface area contributed by atoms with Crippen molar-refractivity contribution in [3.63, 3.8) is 0 Å². The van der Waals surface area contributed by atoms with Gasteiger partial charge in [-0.1, -0.05) is 0 Å². The Kier molecular flexibility index (Phi) is 2.91. The van der Waals surface area contributed by atoms with Crippen LogP contribution in [-0.4, -0.2) is 18.5 Å². The number of pyridine rings is 1. The third kappa shape index (κ3) is 2.10. The van der Waals surface area contributed by atoms with E-state index in [0.29, 0.717) is 0 Å². The van der Waals surface area contributed by atoms with Gasteiger partial charge in [-0.25, -0.2) is 17.2 Å². The molecule has 0 saturated carbocycles.